The summed E-state index contributed by atoms with van der Waals surface area (Å²) in [5.41, 5.74) is 5.09. The lowest BCUT2D eigenvalue weighted by Crippen LogP contribution is -2.39. The van der Waals surface area contributed by atoms with Crippen LogP contribution in [0.3, 0.4) is 0 Å². The highest BCUT2D eigenvalue weighted by Gasteiger charge is 2.41. The van der Waals surface area contributed by atoms with E-state index in [4.69, 9.17) is 31.5 Å². The van der Waals surface area contributed by atoms with E-state index in [-0.39, 0.29) is 23.8 Å². The van der Waals surface area contributed by atoms with E-state index in [2.05, 4.69) is 16.9 Å². The van der Waals surface area contributed by atoms with Gasteiger partial charge >= 0.3 is 5.97 Å². The Hall–Kier alpha value is -2.84. The zero-order valence-corrected chi connectivity index (χ0v) is 22.9. The third-order valence-corrected chi connectivity index (χ3v) is 6.00. The lowest BCUT2D eigenvalue weighted by Gasteiger charge is -2.09. The topological polar surface area (TPSA) is 113 Å². The molecule has 4 unspecified atom stereocenters. The number of hydrogen-bond donors (Lipinski definition) is 2. The molecular formula is C27H40ClN3O5. The molecule has 0 spiro atoms. The SMILES string of the molecule is C=CC1CC1C(=O)OCC.CC.CC1CCNC1C(N)=O.COc1cnc(OC)c2cc(Cl)ccc12. The lowest BCUT2D eigenvalue weighted by molar-refractivity contribution is -0.144. The summed E-state index contributed by atoms with van der Waals surface area (Å²) in [4.78, 5) is 25.6. The third-order valence-electron chi connectivity index (χ3n) is 5.76. The molecule has 1 aliphatic carbocycles. The van der Waals surface area contributed by atoms with Gasteiger partial charge in [0.05, 0.1) is 39.0 Å². The number of pyridine rings is 1. The monoisotopic (exact) mass is 521 g/mol. The number of hydrogen-bond acceptors (Lipinski definition) is 7. The van der Waals surface area contributed by atoms with Gasteiger partial charge in [0, 0.05) is 15.8 Å². The molecule has 2 fully saturated rings. The highest BCUT2D eigenvalue weighted by atomic mass is 35.5. The van der Waals surface area contributed by atoms with Crippen LogP contribution in [0.5, 0.6) is 11.6 Å². The highest BCUT2D eigenvalue weighted by Crippen LogP contribution is 2.40. The van der Waals surface area contributed by atoms with E-state index in [1.165, 1.54) is 0 Å². The zero-order valence-electron chi connectivity index (χ0n) is 22.2. The number of ether oxygens (including phenoxy) is 3. The first-order chi connectivity index (χ1) is 17.3. The first-order valence-corrected chi connectivity index (χ1v) is 12.6. The van der Waals surface area contributed by atoms with Gasteiger partial charge in [0.25, 0.3) is 0 Å². The van der Waals surface area contributed by atoms with Gasteiger partial charge in [-0.1, -0.05) is 38.4 Å². The van der Waals surface area contributed by atoms with Gasteiger partial charge in [0.2, 0.25) is 11.8 Å². The van der Waals surface area contributed by atoms with Crippen LogP contribution in [0.25, 0.3) is 10.8 Å². The van der Waals surface area contributed by atoms with E-state index < -0.39 is 0 Å². The molecule has 1 amide bonds. The second kappa shape index (κ2) is 16.0. The first-order valence-electron chi connectivity index (χ1n) is 12.2. The Bertz CT molecular complexity index is 1000. The predicted molar refractivity (Wildman–Crippen MR) is 144 cm³/mol. The van der Waals surface area contributed by atoms with E-state index in [1.54, 1.807) is 20.4 Å². The molecular weight excluding hydrogens is 482 g/mol. The van der Waals surface area contributed by atoms with Gasteiger partial charge < -0.3 is 25.3 Å². The minimum atomic E-state index is -0.222. The number of carbonyl (C=O) groups excluding carboxylic acids is 2. The summed E-state index contributed by atoms with van der Waals surface area (Å²) in [5.74, 6) is 1.90. The molecule has 36 heavy (non-hydrogen) atoms. The van der Waals surface area contributed by atoms with Gasteiger partial charge in [-0.15, -0.1) is 6.58 Å². The van der Waals surface area contributed by atoms with E-state index in [9.17, 15) is 9.59 Å². The fourth-order valence-corrected chi connectivity index (χ4v) is 3.87. The minimum Gasteiger partial charge on any atom is -0.494 e. The number of nitrogens with zero attached hydrogens (tertiary/aromatic N) is 1. The predicted octanol–water partition coefficient (Wildman–Crippen LogP) is 4.77. The van der Waals surface area contributed by atoms with Crippen molar-refractivity contribution in [3.05, 3.63) is 42.1 Å². The number of benzene rings is 1. The van der Waals surface area contributed by atoms with Crippen molar-refractivity contribution in [3.8, 4) is 11.6 Å². The normalized spacial score (nSPS) is 21.3. The number of nitrogens with two attached hydrogens (primary N) is 1. The minimum absolute atomic E-state index is 0.0626. The molecule has 0 bridgehead atoms. The summed E-state index contributed by atoms with van der Waals surface area (Å²) in [7, 11) is 3.19. The third kappa shape index (κ3) is 8.99. The van der Waals surface area contributed by atoms with Gasteiger partial charge in [0.15, 0.2) is 0 Å². The van der Waals surface area contributed by atoms with Crippen LogP contribution in [0.4, 0.5) is 0 Å². The number of halogens is 1. The van der Waals surface area contributed by atoms with E-state index in [1.807, 2.05) is 52.0 Å². The molecule has 1 aliphatic heterocycles. The molecule has 8 nitrogen and oxygen atoms in total. The van der Waals surface area contributed by atoms with Crippen LogP contribution in [0.15, 0.2) is 37.1 Å². The molecule has 4 rings (SSSR count). The molecule has 0 radical (unpaired) electrons. The molecule has 2 aromatic rings. The van der Waals surface area contributed by atoms with E-state index in [0.29, 0.717) is 35.1 Å². The summed E-state index contributed by atoms with van der Waals surface area (Å²) < 4.78 is 15.2. The highest BCUT2D eigenvalue weighted by molar-refractivity contribution is 6.31. The summed E-state index contributed by atoms with van der Waals surface area (Å²) in [6.45, 7) is 12.9. The Morgan fingerprint density at radius 1 is 1.25 bits per heavy atom. The number of primary amides is 1. The average Bonchev–Trinajstić information content (AvgIpc) is 3.56. The van der Waals surface area contributed by atoms with Crippen molar-refractivity contribution in [2.24, 2.45) is 23.5 Å². The second-order valence-corrected chi connectivity index (χ2v) is 8.56. The van der Waals surface area contributed by atoms with Crippen LogP contribution in [-0.4, -0.2) is 50.3 Å². The van der Waals surface area contributed by atoms with Gasteiger partial charge in [-0.3, -0.25) is 9.59 Å². The van der Waals surface area contributed by atoms with Crippen LogP contribution < -0.4 is 20.5 Å². The van der Waals surface area contributed by atoms with Crippen molar-refractivity contribution < 1.29 is 23.8 Å². The Balaban J connectivity index is 0.000000272. The number of allylic oxidation sites excluding steroid dienone is 1. The van der Waals surface area contributed by atoms with Crippen molar-refractivity contribution in [1.29, 1.82) is 0 Å². The Kier molecular flexibility index (Phi) is 13.9. The number of carbonyl (C=O) groups is 2. The van der Waals surface area contributed by atoms with Crippen molar-refractivity contribution in [2.45, 2.75) is 46.6 Å². The number of aromatic nitrogens is 1. The summed E-state index contributed by atoms with van der Waals surface area (Å²) in [5, 5.41) is 5.47. The average molecular weight is 522 g/mol. The van der Waals surface area contributed by atoms with Gasteiger partial charge in [-0.05, 0) is 56.3 Å². The van der Waals surface area contributed by atoms with Crippen LogP contribution in [0.1, 0.15) is 40.5 Å². The zero-order chi connectivity index (χ0) is 27.3. The first kappa shape index (κ1) is 31.2. The Morgan fingerprint density at radius 2 is 1.94 bits per heavy atom. The molecule has 9 heteroatoms. The van der Waals surface area contributed by atoms with Gasteiger partial charge in [0.1, 0.15) is 5.75 Å². The van der Waals surface area contributed by atoms with Gasteiger partial charge in [-0.25, -0.2) is 4.98 Å². The molecule has 2 heterocycles. The number of amides is 1. The van der Waals surface area contributed by atoms with Crippen molar-refractivity contribution >= 4 is 34.2 Å². The van der Waals surface area contributed by atoms with Gasteiger partial charge in [-0.2, -0.15) is 0 Å². The Morgan fingerprint density at radius 3 is 2.39 bits per heavy atom. The molecule has 1 saturated carbocycles. The van der Waals surface area contributed by atoms with Crippen LogP contribution >= 0.6 is 11.6 Å². The summed E-state index contributed by atoms with van der Waals surface area (Å²) in [6, 6.07) is 5.43. The number of rotatable bonds is 6. The molecule has 200 valence electrons. The quantitative estimate of drug-likeness (QED) is 0.415. The largest absolute Gasteiger partial charge is 0.494 e. The lowest BCUT2D eigenvalue weighted by atomic mass is 10.0. The van der Waals surface area contributed by atoms with Crippen LogP contribution in [0.2, 0.25) is 5.02 Å². The van der Waals surface area contributed by atoms with Crippen LogP contribution in [0, 0.1) is 17.8 Å². The number of fused-ring (bicyclic) bond motifs is 1. The molecule has 1 aromatic heterocycles. The number of methoxy groups -OCH3 is 2. The maximum Gasteiger partial charge on any atom is 0.309 e. The molecule has 1 aromatic carbocycles. The molecule has 3 N–H and O–H groups in total. The summed E-state index contributed by atoms with van der Waals surface area (Å²) in [6.07, 6.45) is 5.45. The fraction of sp³-hybridized carbons (Fsp3) is 0.519. The molecule has 1 saturated heterocycles. The maximum atomic E-state index is 10.9. The standard InChI is InChI=1S/C11H10ClNO2.C8H12O2.C6H12N2O.C2H6/c1-14-10-6-13-11(15-2)9-5-7(12)3-4-8(9)10;1-3-6-5-7(6)8(9)10-4-2;1-4-2-3-8-5(4)6(7)9;1-2/h3-6H,1-2H3;3,6-7H,1,4-5H2,2H3;4-5,8H,2-3H2,1H3,(H2,7,9);1-2H3. The summed E-state index contributed by atoms with van der Waals surface area (Å²) >= 11 is 5.92. The number of nitrogens with one attached hydrogen (secondary N) is 1. The molecule has 2 aliphatic rings. The van der Waals surface area contributed by atoms with Crippen molar-refractivity contribution in [1.82, 2.24) is 10.3 Å². The smallest absolute Gasteiger partial charge is 0.309 e. The fourth-order valence-electron chi connectivity index (χ4n) is 3.70. The Labute approximate surface area is 219 Å². The second-order valence-electron chi connectivity index (χ2n) is 8.12. The van der Waals surface area contributed by atoms with E-state index >= 15 is 0 Å². The van der Waals surface area contributed by atoms with Crippen molar-refractivity contribution in [2.75, 3.05) is 27.4 Å². The van der Waals surface area contributed by atoms with E-state index in [0.717, 1.165) is 30.2 Å². The maximum absolute atomic E-state index is 10.9. The molecule has 4 atom stereocenters. The number of esters is 1. The van der Waals surface area contributed by atoms with Crippen molar-refractivity contribution in [3.63, 3.8) is 0 Å². The van der Waals surface area contributed by atoms with Crippen LogP contribution in [-0.2, 0) is 14.3 Å².